The Hall–Kier alpha value is -9.07. The number of allylic oxidation sites excluding steroid dienone is 7. The van der Waals surface area contributed by atoms with E-state index in [0.29, 0.717) is 67.2 Å². The molecular formula is C61H67N9O17S4. The molecule has 1 aliphatic carbocycles. The first-order chi connectivity index (χ1) is 42.9. The average Bonchev–Trinajstić information content (AvgIpc) is 1.61. The van der Waals surface area contributed by atoms with Gasteiger partial charge in [0.25, 0.3) is 21.6 Å². The van der Waals surface area contributed by atoms with E-state index < -0.39 is 81.5 Å². The van der Waals surface area contributed by atoms with E-state index in [-0.39, 0.29) is 54.2 Å². The summed E-state index contributed by atoms with van der Waals surface area (Å²) in [6, 6.07) is 28.5. The molecule has 7 N–H and O–H groups in total. The van der Waals surface area contributed by atoms with Crippen molar-refractivity contribution in [2.45, 2.75) is 102 Å². The highest BCUT2D eigenvalue weighted by molar-refractivity contribution is 7.85. The number of H-pyrrole nitrogens is 1. The molecular weight excluding hydrogens is 1260 g/mol. The summed E-state index contributed by atoms with van der Waals surface area (Å²) in [4.78, 5) is 55.5. The van der Waals surface area contributed by atoms with Gasteiger partial charge in [-0.1, -0.05) is 68.5 Å². The minimum atomic E-state index is -4.36. The van der Waals surface area contributed by atoms with E-state index in [4.69, 9.17) is 35.7 Å². The molecule has 0 spiro atoms. The monoisotopic (exact) mass is 1330 g/mol. The number of carboxylic acids is 1. The summed E-state index contributed by atoms with van der Waals surface area (Å²) in [6.45, 7) is 9.85. The number of hydrogen-bond acceptors (Lipinski definition) is 21. The molecule has 0 bridgehead atoms. The number of ether oxygens (including phenoxy) is 1. The van der Waals surface area contributed by atoms with Crippen LogP contribution in [0.1, 0.15) is 105 Å². The van der Waals surface area contributed by atoms with Crippen molar-refractivity contribution in [3.05, 3.63) is 188 Å². The van der Waals surface area contributed by atoms with Gasteiger partial charge >= 0.3 is 27.2 Å². The zero-order chi connectivity index (χ0) is 66.4. The summed E-state index contributed by atoms with van der Waals surface area (Å²) in [5.74, 6) is -1.50. The van der Waals surface area contributed by atoms with Crippen LogP contribution in [0.5, 0.6) is 5.75 Å². The highest BCUT2D eigenvalue weighted by Crippen LogP contribution is 2.48. The molecule has 2 aromatic heterocycles. The zero-order valence-corrected chi connectivity index (χ0v) is 53.1. The lowest BCUT2D eigenvalue weighted by Gasteiger charge is -2.28. The number of nitrogens with two attached hydrogens (primary N) is 1. The second kappa shape index (κ2) is 30.2. The summed E-state index contributed by atoms with van der Waals surface area (Å²) in [6.07, 6.45) is 13.5. The molecule has 0 radical (unpaired) electrons. The van der Waals surface area contributed by atoms with Gasteiger partial charge in [0.2, 0.25) is 11.6 Å². The fraction of sp³-hybridized carbons (Fsp3) is 0.328. The molecule has 9 rings (SSSR count). The van der Waals surface area contributed by atoms with Crippen LogP contribution >= 0.6 is 0 Å². The Balaban J connectivity index is 0.00000139. The van der Waals surface area contributed by atoms with Gasteiger partial charge in [-0.2, -0.15) is 18.0 Å². The van der Waals surface area contributed by atoms with Crippen LogP contribution in [0.25, 0.3) is 11.2 Å². The summed E-state index contributed by atoms with van der Waals surface area (Å²) in [5, 5.41) is 16.1. The maximum atomic E-state index is 13.5. The average molecular weight is 1330 g/mol. The molecule has 1 atom stereocenters. The predicted octanol–water partition coefficient (Wildman–Crippen LogP) is 6.38. The van der Waals surface area contributed by atoms with Gasteiger partial charge in [-0.05, 0) is 129 Å². The maximum absolute atomic E-state index is 13.5. The third-order valence-electron chi connectivity index (χ3n) is 15.3. The van der Waals surface area contributed by atoms with Crippen LogP contribution in [0.4, 0.5) is 23.0 Å². The van der Waals surface area contributed by atoms with Gasteiger partial charge in [-0.25, -0.2) is 23.2 Å². The number of anilines is 3. The second-order valence-corrected chi connectivity index (χ2v) is 26.3. The molecule has 6 aromatic rings. The van der Waals surface area contributed by atoms with Gasteiger partial charge < -0.3 is 35.7 Å². The van der Waals surface area contributed by atoms with Gasteiger partial charge in [0.15, 0.2) is 16.9 Å². The van der Waals surface area contributed by atoms with Crippen LogP contribution in [0.2, 0.25) is 0 Å². The highest BCUT2D eigenvalue weighted by atomic mass is 32.2. The van der Waals surface area contributed by atoms with E-state index in [2.05, 4.69) is 116 Å². The quantitative estimate of drug-likeness (QED) is 0.0230. The number of nitrogen functional groups attached to an aromatic ring is 1. The predicted molar refractivity (Wildman–Crippen MR) is 337 cm³/mol. The lowest BCUT2D eigenvalue weighted by atomic mass is 9.81. The first-order valence-electron chi connectivity index (χ1n) is 28.4. The number of aromatic amines is 1. The van der Waals surface area contributed by atoms with E-state index in [1.165, 1.54) is 6.20 Å². The maximum Gasteiger partial charge on any atom is 0.425 e. The molecule has 2 aliphatic heterocycles. The minimum absolute atomic E-state index is 0.0292. The number of carbonyl (C=O) groups excluding carboxylic acids is 1. The Morgan fingerprint density at radius 2 is 1.47 bits per heavy atom. The van der Waals surface area contributed by atoms with Crippen LogP contribution < -0.4 is 31.6 Å². The standard InChI is InChI=1S/C61H67N9O11S2.2O3S/c1-60(2)46-16-5-7-18-49(46)69(32-9-11-34-82(75,76)77)51(60)30-24-40-14-13-15-41(25-31-52-61(3,4)47-17-6-8-19-50(47)70(52)33-10-12-35-83(78,79)80)54(40)81-45-28-20-39(21-29-45)36-48(58(73)74)66-56(71)42-22-26-43(27-23-42)63-37-44-38-64-55-53(65-44)57(72)68-59(62)67-55;2*1-4(2)3/h5-8,16-31,38,48H,9-15,32-37H2,1-4H3,(H7-,62,63,64,66,67,68,71,72,73,74,75,76,77,78,79,80);;/t48-;;/m0../s1. The van der Waals surface area contributed by atoms with Crippen LogP contribution in [0.15, 0.2) is 155 Å². The Bertz CT molecular complexity index is 4400. The van der Waals surface area contributed by atoms with Crippen molar-refractivity contribution in [3.63, 3.8) is 0 Å². The van der Waals surface area contributed by atoms with Gasteiger partial charge in [-0.3, -0.25) is 19.1 Å². The van der Waals surface area contributed by atoms with E-state index in [9.17, 15) is 45.4 Å². The topological polar surface area (TPSA) is 405 Å². The first-order valence-corrected chi connectivity index (χ1v) is 33.6. The molecule has 0 unspecified atom stereocenters. The van der Waals surface area contributed by atoms with Crippen LogP contribution in [-0.2, 0) is 70.0 Å². The minimum Gasteiger partial charge on any atom is -0.748 e. The first kappa shape index (κ1) is 69.4. The summed E-state index contributed by atoms with van der Waals surface area (Å²) < 4.78 is 127. The molecule has 4 heterocycles. The molecule has 91 heavy (non-hydrogen) atoms. The number of amides is 1. The fourth-order valence-electron chi connectivity index (χ4n) is 11.1. The van der Waals surface area contributed by atoms with Crippen molar-refractivity contribution in [2.24, 2.45) is 0 Å². The third kappa shape index (κ3) is 19.0. The molecule has 26 nitrogen and oxygen atoms in total. The Labute approximate surface area is 528 Å². The number of carbonyl (C=O) groups is 2. The third-order valence-corrected chi connectivity index (χ3v) is 16.9. The number of aromatic nitrogens is 4. The Morgan fingerprint density at radius 3 is 2.13 bits per heavy atom. The zero-order valence-electron chi connectivity index (χ0n) is 49.9. The second-order valence-electron chi connectivity index (χ2n) is 22.4. The largest absolute Gasteiger partial charge is 0.748 e. The van der Waals surface area contributed by atoms with Crippen molar-refractivity contribution in [3.8, 4) is 5.75 Å². The molecule has 3 aliphatic rings. The molecule has 4 aromatic carbocycles. The number of unbranched alkanes of at least 4 members (excludes halogenated alkanes) is 2. The van der Waals surface area contributed by atoms with Crippen molar-refractivity contribution in [1.29, 1.82) is 0 Å². The number of nitrogens with zero attached hydrogens (tertiary/aromatic N) is 5. The van der Waals surface area contributed by atoms with Crippen molar-refractivity contribution < 1.29 is 75.2 Å². The number of hydrogen-bond donors (Lipinski definition) is 6. The van der Waals surface area contributed by atoms with Gasteiger partial charge in [0, 0.05) is 70.9 Å². The number of rotatable bonds is 23. The van der Waals surface area contributed by atoms with E-state index >= 15 is 0 Å². The van der Waals surface area contributed by atoms with Crippen molar-refractivity contribution >= 4 is 93.2 Å². The van der Waals surface area contributed by atoms with E-state index in [1.807, 2.05) is 24.3 Å². The lowest BCUT2D eigenvalue weighted by molar-refractivity contribution is -0.438. The normalized spacial score (nSPS) is 16.1. The lowest BCUT2D eigenvalue weighted by Crippen LogP contribution is -2.42. The molecule has 0 fully saturated rings. The number of nitrogens with one attached hydrogen (secondary N) is 3. The molecule has 30 heteroatoms. The number of carboxylic acid groups (broad SMARTS) is 1. The fourth-order valence-corrected chi connectivity index (χ4v) is 12.2. The van der Waals surface area contributed by atoms with Gasteiger partial charge in [0.05, 0.1) is 39.7 Å². The van der Waals surface area contributed by atoms with Gasteiger partial charge in [-0.15, -0.1) is 25.3 Å². The molecule has 0 saturated heterocycles. The number of fused-ring (bicyclic) bond motifs is 3. The number of para-hydroxylation sites is 2. The Morgan fingerprint density at radius 1 is 0.824 bits per heavy atom. The van der Waals surface area contributed by atoms with Gasteiger partial charge in [0.1, 0.15) is 24.1 Å². The van der Waals surface area contributed by atoms with E-state index in [1.54, 1.807) is 48.5 Å². The molecule has 0 saturated carbocycles. The number of aliphatic carboxylic acids is 1. The van der Waals surface area contributed by atoms with Crippen molar-refractivity contribution in [2.75, 3.05) is 40.5 Å². The van der Waals surface area contributed by atoms with Crippen LogP contribution in [0, 0.1) is 0 Å². The molecule has 1 amide bonds. The SMILES string of the molecule is CC1(C)C(=CC=C2CCCC(C=CC3=[N+](CCCCS(=O)(=O)O)c4ccccc4C3(C)C)=C2Oc2ccc(C[C@H](NC(=O)c3ccc(NCc4cnc5nc(N)[nH]c(=O)c5n4)cc3)C(=O)O)cc2)N(CCCCS(=O)(=O)[O-])c2ccccc21.O=S(=O)=O.O=S(=O)=O. The highest BCUT2D eigenvalue weighted by Gasteiger charge is 2.44. The molecule has 482 valence electrons. The Kier molecular flexibility index (Phi) is 23.0. The van der Waals surface area contributed by atoms with E-state index in [0.717, 1.165) is 51.5 Å². The summed E-state index contributed by atoms with van der Waals surface area (Å²) >= 11 is 0. The number of benzene rings is 4. The van der Waals surface area contributed by atoms with Crippen LogP contribution in [0.3, 0.4) is 0 Å². The summed E-state index contributed by atoms with van der Waals surface area (Å²) in [7, 11) is -14.7. The smallest absolute Gasteiger partial charge is 0.425 e. The summed E-state index contributed by atoms with van der Waals surface area (Å²) in [5.41, 5.74) is 14.5. The van der Waals surface area contributed by atoms with Crippen LogP contribution in [-0.4, -0.2) is 129 Å². The van der Waals surface area contributed by atoms with Crippen molar-refractivity contribution in [1.82, 2.24) is 25.3 Å².